The fraction of sp³-hybridized carbons (Fsp3) is 0.167. The lowest BCUT2D eigenvalue weighted by molar-refractivity contribution is 0.400. The molecule has 0 saturated carbocycles. The highest BCUT2D eigenvalue weighted by atomic mass is 19.2. The van der Waals surface area contributed by atoms with Crippen molar-refractivity contribution in [2.75, 3.05) is 0 Å². The van der Waals surface area contributed by atoms with E-state index in [2.05, 4.69) is 0 Å². The minimum atomic E-state index is -1.44. The second-order valence-corrected chi connectivity index (χ2v) is 7.46. The molecule has 2 nitrogen and oxygen atoms in total. The van der Waals surface area contributed by atoms with Crippen molar-refractivity contribution < 1.29 is 32.2 Å². The Morgan fingerprint density at radius 3 is 2.00 bits per heavy atom. The Morgan fingerprint density at radius 1 is 0.710 bits per heavy atom. The van der Waals surface area contributed by atoms with E-state index < -0.39 is 40.6 Å². The molecule has 3 aromatic carbocycles. The predicted molar refractivity (Wildman–Crippen MR) is 106 cm³/mol. The maximum Gasteiger partial charge on any atom is 0.200 e. The Bertz CT molecular complexity index is 1200. The summed E-state index contributed by atoms with van der Waals surface area (Å²) in [6, 6.07) is 8.66. The van der Waals surface area contributed by atoms with Crippen LogP contribution in [0.1, 0.15) is 36.3 Å². The van der Waals surface area contributed by atoms with E-state index in [9.17, 15) is 32.2 Å². The number of rotatable bonds is 3. The number of phenolic OH excluding ortho intramolecular Hbond substituents is 2. The first kappa shape index (κ1) is 20.9. The fourth-order valence-corrected chi connectivity index (χ4v) is 3.93. The van der Waals surface area contributed by atoms with Crippen LogP contribution in [0.2, 0.25) is 0 Å². The maximum atomic E-state index is 14.7. The lowest BCUT2D eigenvalue weighted by atomic mass is 9.82. The summed E-state index contributed by atoms with van der Waals surface area (Å²) < 4.78 is 70.2. The first-order valence-corrected chi connectivity index (χ1v) is 9.61. The molecule has 0 fully saturated rings. The van der Waals surface area contributed by atoms with Crippen molar-refractivity contribution >= 4 is 5.57 Å². The molecule has 1 unspecified atom stereocenters. The molecule has 0 aromatic heterocycles. The van der Waals surface area contributed by atoms with Crippen LogP contribution < -0.4 is 0 Å². The molecule has 0 heterocycles. The molecule has 3 aromatic rings. The summed E-state index contributed by atoms with van der Waals surface area (Å²) in [6.07, 6.45) is 3.19. The van der Waals surface area contributed by atoms with Crippen molar-refractivity contribution in [1.82, 2.24) is 0 Å². The highest BCUT2D eigenvalue weighted by Gasteiger charge is 2.24. The Hall–Kier alpha value is -3.35. The Kier molecular flexibility index (Phi) is 5.43. The summed E-state index contributed by atoms with van der Waals surface area (Å²) in [7, 11) is 0. The normalized spacial score (nSPS) is 16.3. The van der Waals surface area contributed by atoms with Gasteiger partial charge in [-0.05, 0) is 66.1 Å². The van der Waals surface area contributed by atoms with Gasteiger partial charge in [-0.1, -0.05) is 24.3 Å². The monoisotopic (exact) mass is 432 g/mol. The van der Waals surface area contributed by atoms with Crippen molar-refractivity contribution in [2.45, 2.75) is 25.2 Å². The zero-order valence-electron chi connectivity index (χ0n) is 16.1. The number of halogens is 5. The van der Waals surface area contributed by atoms with Gasteiger partial charge in [0.05, 0.1) is 0 Å². The van der Waals surface area contributed by atoms with Crippen LogP contribution in [-0.4, -0.2) is 10.2 Å². The van der Waals surface area contributed by atoms with Crippen molar-refractivity contribution in [3.63, 3.8) is 0 Å². The zero-order valence-corrected chi connectivity index (χ0v) is 16.1. The first-order chi connectivity index (χ1) is 14.8. The summed E-state index contributed by atoms with van der Waals surface area (Å²) in [5.74, 6) is -7.76. The summed E-state index contributed by atoms with van der Waals surface area (Å²) in [4.78, 5) is 0. The van der Waals surface area contributed by atoms with Gasteiger partial charge in [0.1, 0.15) is 5.82 Å². The van der Waals surface area contributed by atoms with Gasteiger partial charge in [-0.3, -0.25) is 0 Å². The van der Waals surface area contributed by atoms with Crippen LogP contribution in [0.15, 0.2) is 48.5 Å². The fourth-order valence-electron chi connectivity index (χ4n) is 3.93. The third-order valence-electron chi connectivity index (χ3n) is 5.63. The highest BCUT2D eigenvalue weighted by molar-refractivity contribution is 5.72. The van der Waals surface area contributed by atoms with Gasteiger partial charge < -0.3 is 10.2 Å². The van der Waals surface area contributed by atoms with Gasteiger partial charge in [0, 0.05) is 11.1 Å². The lowest BCUT2D eigenvalue weighted by Crippen LogP contribution is -2.07. The summed E-state index contributed by atoms with van der Waals surface area (Å²) in [6.45, 7) is 0. The van der Waals surface area contributed by atoms with Gasteiger partial charge in [0.2, 0.25) is 11.6 Å². The number of phenols is 2. The van der Waals surface area contributed by atoms with Crippen LogP contribution in [-0.2, 0) is 0 Å². The van der Waals surface area contributed by atoms with Gasteiger partial charge in [0.25, 0.3) is 0 Å². The number of benzene rings is 3. The lowest BCUT2D eigenvalue weighted by Gasteiger charge is -2.23. The highest BCUT2D eigenvalue weighted by Crippen LogP contribution is 2.39. The minimum Gasteiger partial charge on any atom is -0.505 e. The summed E-state index contributed by atoms with van der Waals surface area (Å²) >= 11 is 0. The molecule has 0 bridgehead atoms. The smallest absolute Gasteiger partial charge is 0.200 e. The van der Waals surface area contributed by atoms with Gasteiger partial charge in [-0.25, -0.2) is 13.2 Å². The molecule has 2 N–H and O–H groups in total. The molecule has 160 valence electrons. The largest absolute Gasteiger partial charge is 0.505 e. The predicted octanol–water partition coefficient (Wildman–Crippen LogP) is 6.81. The molecule has 0 spiro atoms. The second kappa shape index (κ2) is 8.06. The number of allylic oxidation sites excluding steroid dienone is 2. The van der Waals surface area contributed by atoms with E-state index >= 15 is 0 Å². The molecule has 31 heavy (non-hydrogen) atoms. The van der Waals surface area contributed by atoms with Crippen LogP contribution in [0.5, 0.6) is 11.5 Å². The standard InChI is InChI=1S/C24H17F5O2/c25-18-11-14(5-6-16(18)17-8-10-20(31)24(29)22(17)27)12-1-3-13(4-2-12)15-7-9-19(30)23(28)21(15)26/h1,5-11,13,30-31H,2-4H2. The summed E-state index contributed by atoms with van der Waals surface area (Å²) in [5.41, 5.74) is 1.09. The van der Waals surface area contributed by atoms with E-state index in [1.165, 1.54) is 18.2 Å². The van der Waals surface area contributed by atoms with Crippen molar-refractivity contribution in [2.24, 2.45) is 0 Å². The number of hydrogen-bond donors (Lipinski definition) is 2. The SMILES string of the molecule is Oc1ccc(-c2ccc(C3=CCC(c4ccc(O)c(F)c4F)CC3)cc2F)c(F)c1F. The molecular weight excluding hydrogens is 415 g/mol. The topological polar surface area (TPSA) is 40.5 Å². The summed E-state index contributed by atoms with van der Waals surface area (Å²) in [5, 5.41) is 18.5. The van der Waals surface area contributed by atoms with Crippen LogP contribution in [0.25, 0.3) is 16.7 Å². The average molecular weight is 432 g/mol. The molecule has 4 rings (SSSR count). The van der Waals surface area contributed by atoms with Crippen LogP contribution in [0.3, 0.4) is 0 Å². The number of aromatic hydroxyl groups is 2. The van der Waals surface area contributed by atoms with Crippen LogP contribution in [0, 0.1) is 29.1 Å². The molecule has 0 amide bonds. The molecule has 1 aliphatic carbocycles. The molecule has 0 radical (unpaired) electrons. The first-order valence-electron chi connectivity index (χ1n) is 9.61. The van der Waals surface area contributed by atoms with E-state index in [1.807, 2.05) is 6.08 Å². The molecule has 1 aliphatic rings. The minimum absolute atomic E-state index is 0.143. The molecule has 7 heteroatoms. The van der Waals surface area contributed by atoms with Crippen molar-refractivity contribution in [3.8, 4) is 22.6 Å². The van der Waals surface area contributed by atoms with Gasteiger partial charge in [-0.2, -0.15) is 8.78 Å². The molecule has 0 aliphatic heterocycles. The Balaban J connectivity index is 1.59. The van der Waals surface area contributed by atoms with Crippen LogP contribution >= 0.6 is 0 Å². The second-order valence-electron chi connectivity index (χ2n) is 7.46. The van der Waals surface area contributed by atoms with E-state index in [-0.39, 0.29) is 22.6 Å². The zero-order chi connectivity index (χ0) is 22.3. The van der Waals surface area contributed by atoms with E-state index in [0.29, 0.717) is 24.8 Å². The quantitative estimate of drug-likeness (QED) is 0.446. The van der Waals surface area contributed by atoms with Crippen molar-refractivity contribution in [1.29, 1.82) is 0 Å². The van der Waals surface area contributed by atoms with E-state index in [4.69, 9.17) is 0 Å². The third kappa shape index (κ3) is 3.76. The van der Waals surface area contributed by atoms with Gasteiger partial charge in [-0.15, -0.1) is 0 Å². The van der Waals surface area contributed by atoms with E-state index in [0.717, 1.165) is 23.8 Å². The Labute approximate surface area is 174 Å². The average Bonchev–Trinajstić information content (AvgIpc) is 2.77. The van der Waals surface area contributed by atoms with Crippen LogP contribution in [0.4, 0.5) is 22.0 Å². The van der Waals surface area contributed by atoms with Gasteiger partial charge in [0.15, 0.2) is 23.1 Å². The number of hydrogen-bond acceptors (Lipinski definition) is 2. The van der Waals surface area contributed by atoms with Crippen molar-refractivity contribution in [3.05, 3.63) is 88.8 Å². The molecule has 1 atom stereocenters. The third-order valence-corrected chi connectivity index (χ3v) is 5.63. The van der Waals surface area contributed by atoms with Gasteiger partial charge >= 0.3 is 0 Å². The molecular formula is C24H17F5O2. The Morgan fingerprint density at radius 2 is 1.35 bits per heavy atom. The van der Waals surface area contributed by atoms with E-state index in [1.54, 1.807) is 6.07 Å². The maximum absolute atomic E-state index is 14.7. The molecule has 0 saturated heterocycles.